The second-order valence-corrected chi connectivity index (χ2v) is 6.87. The van der Waals surface area contributed by atoms with E-state index in [1.165, 1.54) is 0 Å². The SMILES string of the molecule is [CH2]Cn1cc2c(n1)c(N)nc1cc(-c3ccnn3C3CCCCO3)ccc12. The molecule has 1 aliphatic rings. The zero-order valence-electron chi connectivity index (χ0n) is 15.0. The number of rotatable bonds is 3. The van der Waals surface area contributed by atoms with Crippen LogP contribution in [0.1, 0.15) is 25.5 Å². The number of pyridine rings is 1. The molecule has 3 aromatic heterocycles. The molecule has 1 unspecified atom stereocenters. The summed E-state index contributed by atoms with van der Waals surface area (Å²) >= 11 is 0. The van der Waals surface area contributed by atoms with E-state index in [1.54, 1.807) is 4.68 Å². The number of aromatic nitrogens is 5. The molecule has 1 radical (unpaired) electrons. The lowest BCUT2D eigenvalue weighted by Gasteiger charge is -2.24. The van der Waals surface area contributed by atoms with Gasteiger partial charge in [0.2, 0.25) is 0 Å². The van der Waals surface area contributed by atoms with Gasteiger partial charge in [0.1, 0.15) is 5.52 Å². The fourth-order valence-corrected chi connectivity index (χ4v) is 3.81. The molecule has 5 rings (SSSR count). The molecule has 7 nitrogen and oxygen atoms in total. The number of hydrogen-bond acceptors (Lipinski definition) is 5. The minimum absolute atomic E-state index is 0.00441. The van der Waals surface area contributed by atoms with Crippen LogP contribution < -0.4 is 5.73 Å². The average molecular weight is 361 g/mol. The Morgan fingerprint density at radius 3 is 2.96 bits per heavy atom. The fourth-order valence-electron chi connectivity index (χ4n) is 3.81. The molecule has 0 amide bonds. The predicted molar refractivity (Wildman–Crippen MR) is 105 cm³/mol. The Kier molecular flexibility index (Phi) is 3.82. The number of anilines is 1. The van der Waals surface area contributed by atoms with Crippen LogP contribution in [0.3, 0.4) is 0 Å². The van der Waals surface area contributed by atoms with Crippen molar-refractivity contribution in [2.75, 3.05) is 12.3 Å². The van der Waals surface area contributed by atoms with Crippen LogP contribution in [0.15, 0.2) is 36.7 Å². The zero-order valence-corrected chi connectivity index (χ0v) is 15.0. The molecule has 27 heavy (non-hydrogen) atoms. The van der Waals surface area contributed by atoms with Crippen molar-refractivity contribution in [1.29, 1.82) is 0 Å². The van der Waals surface area contributed by atoms with Crippen molar-refractivity contribution in [3.05, 3.63) is 43.6 Å². The van der Waals surface area contributed by atoms with Crippen molar-refractivity contribution < 1.29 is 4.74 Å². The number of ether oxygens (including phenoxy) is 1. The summed E-state index contributed by atoms with van der Waals surface area (Å²) < 4.78 is 9.67. The molecular weight excluding hydrogens is 340 g/mol. The first-order valence-electron chi connectivity index (χ1n) is 9.26. The van der Waals surface area contributed by atoms with Crippen LogP contribution >= 0.6 is 0 Å². The molecule has 4 heterocycles. The van der Waals surface area contributed by atoms with Crippen LogP contribution in [0, 0.1) is 6.92 Å². The van der Waals surface area contributed by atoms with Gasteiger partial charge in [-0.05, 0) is 38.3 Å². The van der Waals surface area contributed by atoms with E-state index in [-0.39, 0.29) is 6.23 Å². The smallest absolute Gasteiger partial charge is 0.152 e. The first kappa shape index (κ1) is 16.3. The largest absolute Gasteiger partial charge is 0.382 e. The Bertz CT molecular complexity index is 1120. The number of fused-ring (bicyclic) bond motifs is 3. The Labute approximate surface area is 156 Å². The van der Waals surface area contributed by atoms with Gasteiger partial charge in [0.15, 0.2) is 12.0 Å². The van der Waals surface area contributed by atoms with Crippen molar-refractivity contribution in [1.82, 2.24) is 24.5 Å². The predicted octanol–water partition coefficient (Wildman–Crippen LogP) is 3.56. The molecule has 0 spiro atoms. The molecule has 137 valence electrons. The van der Waals surface area contributed by atoms with Crippen LogP contribution in [-0.2, 0) is 11.3 Å². The molecule has 4 aromatic rings. The van der Waals surface area contributed by atoms with E-state index in [2.05, 4.69) is 40.3 Å². The first-order chi connectivity index (χ1) is 13.2. The summed E-state index contributed by atoms with van der Waals surface area (Å²) in [6, 6.07) is 8.25. The number of hydrogen-bond donors (Lipinski definition) is 1. The van der Waals surface area contributed by atoms with E-state index in [1.807, 2.05) is 23.1 Å². The monoisotopic (exact) mass is 361 g/mol. The highest BCUT2D eigenvalue weighted by Gasteiger charge is 2.20. The third-order valence-electron chi connectivity index (χ3n) is 5.16. The normalized spacial score (nSPS) is 17.7. The Hall–Kier alpha value is -2.93. The highest BCUT2D eigenvalue weighted by Crippen LogP contribution is 2.32. The zero-order chi connectivity index (χ0) is 18.4. The molecule has 1 aliphatic heterocycles. The number of nitrogens with zero attached hydrogens (tertiary/aromatic N) is 5. The van der Waals surface area contributed by atoms with Crippen LogP contribution in [-0.4, -0.2) is 31.2 Å². The summed E-state index contributed by atoms with van der Waals surface area (Å²) in [6.45, 7) is 5.22. The quantitative estimate of drug-likeness (QED) is 0.603. The lowest BCUT2D eigenvalue weighted by atomic mass is 10.1. The van der Waals surface area contributed by atoms with Gasteiger partial charge >= 0.3 is 0 Å². The van der Waals surface area contributed by atoms with Gasteiger partial charge in [0.05, 0.1) is 11.2 Å². The maximum atomic E-state index is 6.16. The van der Waals surface area contributed by atoms with Gasteiger partial charge in [0.25, 0.3) is 0 Å². The molecule has 2 N–H and O–H groups in total. The second-order valence-electron chi connectivity index (χ2n) is 6.87. The van der Waals surface area contributed by atoms with Crippen molar-refractivity contribution in [3.8, 4) is 11.3 Å². The van der Waals surface area contributed by atoms with E-state index in [0.717, 1.165) is 58.9 Å². The van der Waals surface area contributed by atoms with Crippen LogP contribution in [0.25, 0.3) is 33.1 Å². The third-order valence-corrected chi connectivity index (χ3v) is 5.16. The highest BCUT2D eigenvalue weighted by molar-refractivity contribution is 6.08. The lowest BCUT2D eigenvalue weighted by molar-refractivity contribution is -0.0383. The summed E-state index contributed by atoms with van der Waals surface area (Å²) in [4.78, 5) is 4.58. The maximum Gasteiger partial charge on any atom is 0.152 e. The lowest BCUT2D eigenvalue weighted by Crippen LogP contribution is -2.19. The van der Waals surface area contributed by atoms with Crippen molar-refractivity contribution in [3.63, 3.8) is 0 Å². The van der Waals surface area contributed by atoms with Crippen molar-refractivity contribution >= 4 is 27.6 Å². The molecule has 1 saturated heterocycles. The van der Waals surface area contributed by atoms with E-state index in [0.29, 0.717) is 12.4 Å². The van der Waals surface area contributed by atoms with Crippen molar-refractivity contribution in [2.45, 2.75) is 32.0 Å². The first-order valence-corrected chi connectivity index (χ1v) is 9.26. The Balaban J connectivity index is 1.63. The molecule has 1 atom stereocenters. The van der Waals surface area contributed by atoms with E-state index >= 15 is 0 Å². The topological polar surface area (TPSA) is 83.8 Å². The molecular formula is C20H21N6O. The summed E-state index contributed by atoms with van der Waals surface area (Å²) in [6.07, 6.45) is 7.05. The second kappa shape index (κ2) is 6.35. The average Bonchev–Trinajstić information content (AvgIpc) is 3.36. The van der Waals surface area contributed by atoms with Gasteiger partial charge in [-0.15, -0.1) is 0 Å². The van der Waals surface area contributed by atoms with Gasteiger partial charge in [-0.3, -0.25) is 4.68 Å². The van der Waals surface area contributed by atoms with E-state index in [9.17, 15) is 0 Å². The highest BCUT2D eigenvalue weighted by atomic mass is 16.5. The number of benzene rings is 1. The molecule has 0 saturated carbocycles. The summed E-state index contributed by atoms with van der Waals surface area (Å²) in [5.41, 5.74) is 9.80. The summed E-state index contributed by atoms with van der Waals surface area (Å²) in [5.74, 6) is 0.436. The standard InChI is InChI=1S/C20H21N6O/c1-2-25-12-15-14-7-6-13(11-16(14)23-20(21)19(15)24-25)17-8-9-22-26(17)18-5-3-4-10-27-18/h6-9,11-12,18H,1-5,10H2,(H2,21,23). The Morgan fingerprint density at radius 2 is 2.15 bits per heavy atom. The van der Waals surface area contributed by atoms with Gasteiger partial charge in [0, 0.05) is 41.9 Å². The van der Waals surface area contributed by atoms with E-state index in [4.69, 9.17) is 10.5 Å². The summed E-state index contributed by atoms with van der Waals surface area (Å²) in [5, 5.41) is 11.0. The fraction of sp³-hybridized carbons (Fsp3) is 0.300. The van der Waals surface area contributed by atoms with Gasteiger partial charge < -0.3 is 10.5 Å². The third kappa shape index (κ3) is 2.66. The maximum absolute atomic E-state index is 6.16. The van der Waals surface area contributed by atoms with Crippen LogP contribution in [0.5, 0.6) is 0 Å². The van der Waals surface area contributed by atoms with Gasteiger partial charge in [-0.1, -0.05) is 12.1 Å². The summed E-state index contributed by atoms with van der Waals surface area (Å²) in [7, 11) is 0. The Morgan fingerprint density at radius 1 is 1.22 bits per heavy atom. The molecule has 0 bridgehead atoms. The van der Waals surface area contributed by atoms with Crippen LogP contribution in [0.4, 0.5) is 5.82 Å². The minimum atomic E-state index is -0.00441. The number of nitrogens with two attached hydrogens (primary N) is 1. The molecule has 1 fully saturated rings. The molecule has 0 aliphatic carbocycles. The van der Waals surface area contributed by atoms with E-state index < -0.39 is 0 Å². The van der Waals surface area contributed by atoms with Gasteiger partial charge in [-0.25, -0.2) is 9.67 Å². The van der Waals surface area contributed by atoms with Crippen molar-refractivity contribution in [2.24, 2.45) is 0 Å². The minimum Gasteiger partial charge on any atom is -0.382 e. The van der Waals surface area contributed by atoms with Gasteiger partial charge in [-0.2, -0.15) is 10.2 Å². The van der Waals surface area contributed by atoms with Crippen LogP contribution in [0.2, 0.25) is 0 Å². The molecule has 1 aromatic carbocycles. The molecule has 7 heteroatoms. The number of nitrogen functional groups attached to an aromatic ring is 1.